The largest absolute Gasteiger partial charge is 0.328 e. The van der Waals surface area contributed by atoms with Crippen LogP contribution >= 0.6 is 0 Å². The van der Waals surface area contributed by atoms with Crippen molar-refractivity contribution >= 4 is 0 Å². The highest BCUT2D eigenvalue weighted by molar-refractivity contribution is 4.91. The van der Waals surface area contributed by atoms with Crippen LogP contribution in [0.25, 0.3) is 0 Å². The van der Waals surface area contributed by atoms with E-state index in [1.165, 1.54) is 10.6 Å². The van der Waals surface area contributed by atoms with Gasteiger partial charge in [-0.1, -0.05) is 0 Å². The minimum Gasteiger partial charge on any atom is -0.328 e. The molecule has 0 unspecified atom stereocenters. The first kappa shape index (κ1) is 4.37. The van der Waals surface area contributed by atoms with Gasteiger partial charge in [-0.25, -0.2) is 0 Å². The monoisotopic (exact) mass is 99.0 g/mol. The molecule has 38 valence electrons. The van der Waals surface area contributed by atoms with Crippen LogP contribution in [0.5, 0.6) is 0 Å². The van der Waals surface area contributed by atoms with Gasteiger partial charge in [-0.15, -0.1) is 0 Å². The van der Waals surface area contributed by atoms with Crippen molar-refractivity contribution in [3.8, 4) is 0 Å². The summed E-state index contributed by atoms with van der Waals surface area (Å²) >= 11 is 0. The zero-order valence-electron chi connectivity index (χ0n) is 4.06. The van der Waals surface area contributed by atoms with E-state index < -0.39 is 0 Å². The minimum absolute atomic E-state index is 0.194. The Morgan fingerprint density at radius 2 is 2.43 bits per heavy atom. The third-order valence-corrected chi connectivity index (χ3v) is 0.880. The molecule has 0 saturated carbocycles. The molecule has 0 N–H and O–H groups in total. The van der Waals surface area contributed by atoms with Gasteiger partial charge in [-0.3, -0.25) is 0 Å². The van der Waals surface area contributed by atoms with E-state index in [0.29, 0.717) is 0 Å². The molecule has 0 radical (unpaired) electrons. The molecule has 0 saturated heterocycles. The second-order valence-corrected chi connectivity index (χ2v) is 1.44. The maximum Gasteiger partial charge on any atom is 0.193 e. The van der Waals surface area contributed by atoms with Crippen LogP contribution in [0.1, 0.15) is 0 Å². The number of hydrogen-bond donors (Lipinski definition) is 0. The van der Waals surface area contributed by atoms with Gasteiger partial charge in [-0.05, 0) is 12.1 Å². The molecule has 1 rings (SSSR count). The van der Waals surface area contributed by atoms with Crippen LogP contribution in [0.3, 0.4) is 0 Å². The van der Waals surface area contributed by atoms with Crippen LogP contribution in [0.15, 0.2) is 18.3 Å². The Labute approximate surface area is 41.4 Å². The van der Waals surface area contributed by atoms with Crippen molar-refractivity contribution < 1.29 is 4.39 Å². The fourth-order valence-electron chi connectivity index (χ4n) is 0.440. The van der Waals surface area contributed by atoms with E-state index in [-0.39, 0.29) is 5.95 Å². The summed E-state index contributed by atoms with van der Waals surface area (Å²) in [7, 11) is 1.66. The molecule has 7 heavy (non-hydrogen) atoms. The molecular formula is C5H6FN. The molecule has 0 bridgehead atoms. The van der Waals surface area contributed by atoms with Crippen molar-refractivity contribution in [3.63, 3.8) is 0 Å². The maximum absolute atomic E-state index is 12.0. The van der Waals surface area contributed by atoms with Gasteiger partial charge in [0.2, 0.25) is 0 Å². The molecule has 0 aliphatic rings. The Bertz CT molecular complexity index is 140. The molecule has 0 amide bonds. The molecule has 0 aromatic carbocycles. The van der Waals surface area contributed by atoms with Gasteiger partial charge >= 0.3 is 0 Å². The highest BCUT2D eigenvalue weighted by Crippen LogP contribution is 1.93. The number of aryl methyl sites for hydroxylation is 1. The molecular weight excluding hydrogens is 93.1 g/mol. The van der Waals surface area contributed by atoms with E-state index >= 15 is 0 Å². The Balaban J connectivity index is 3.12. The summed E-state index contributed by atoms with van der Waals surface area (Å²) in [4.78, 5) is 0. The molecule has 0 atom stereocenters. The molecule has 2 heteroatoms. The summed E-state index contributed by atoms with van der Waals surface area (Å²) in [5, 5.41) is 0. The number of rotatable bonds is 0. The van der Waals surface area contributed by atoms with Gasteiger partial charge in [-0.2, -0.15) is 4.39 Å². The van der Waals surface area contributed by atoms with E-state index in [2.05, 4.69) is 0 Å². The van der Waals surface area contributed by atoms with E-state index in [9.17, 15) is 4.39 Å². The van der Waals surface area contributed by atoms with Crippen molar-refractivity contribution in [1.29, 1.82) is 0 Å². The average Bonchev–Trinajstić information content (AvgIpc) is 1.91. The fourth-order valence-corrected chi connectivity index (χ4v) is 0.440. The van der Waals surface area contributed by atoms with Gasteiger partial charge < -0.3 is 4.57 Å². The van der Waals surface area contributed by atoms with E-state index in [4.69, 9.17) is 0 Å². The molecule has 1 heterocycles. The molecule has 0 aliphatic carbocycles. The molecule has 0 spiro atoms. The molecule has 0 fully saturated rings. The maximum atomic E-state index is 12.0. The molecule has 0 aliphatic heterocycles. The van der Waals surface area contributed by atoms with Crippen molar-refractivity contribution in [2.24, 2.45) is 7.05 Å². The number of nitrogens with zero attached hydrogens (tertiary/aromatic N) is 1. The van der Waals surface area contributed by atoms with Crippen molar-refractivity contribution in [3.05, 3.63) is 24.3 Å². The SMILES string of the molecule is Cn1cccc1F. The normalized spacial score (nSPS) is 9.43. The van der Waals surface area contributed by atoms with Gasteiger partial charge in [0.25, 0.3) is 0 Å². The summed E-state index contributed by atoms with van der Waals surface area (Å²) in [5.74, 6) is -0.194. The van der Waals surface area contributed by atoms with Crippen LogP contribution in [0.4, 0.5) is 4.39 Å². The summed E-state index contributed by atoms with van der Waals surface area (Å²) in [6.07, 6.45) is 1.66. The van der Waals surface area contributed by atoms with Gasteiger partial charge in [0.1, 0.15) is 0 Å². The smallest absolute Gasteiger partial charge is 0.193 e. The summed E-state index contributed by atoms with van der Waals surface area (Å²) in [6, 6.07) is 3.08. The Morgan fingerprint density at radius 3 is 2.57 bits per heavy atom. The lowest BCUT2D eigenvalue weighted by Gasteiger charge is -1.85. The lowest BCUT2D eigenvalue weighted by atomic mass is 10.7. The van der Waals surface area contributed by atoms with Crippen LogP contribution < -0.4 is 0 Å². The van der Waals surface area contributed by atoms with E-state index in [1.807, 2.05) is 0 Å². The van der Waals surface area contributed by atoms with E-state index in [0.717, 1.165) is 0 Å². The number of hydrogen-bond acceptors (Lipinski definition) is 0. The Hall–Kier alpha value is -0.790. The van der Waals surface area contributed by atoms with Crippen LogP contribution in [0.2, 0.25) is 0 Å². The molecule has 1 aromatic rings. The van der Waals surface area contributed by atoms with Gasteiger partial charge in [0.15, 0.2) is 5.95 Å². The summed E-state index contributed by atoms with van der Waals surface area (Å²) < 4.78 is 13.5. The first-order valence-corrected chi connectivity index (χ1v) is 2.07. The van der Waals surface area contributed by atoms with Crippen LogP contribution in [-0.2, 0) is 7.05 Å². The lowest BCUT2D eigenvalue weighted by molar-refractivity contribution is 0.535. The topological polar surface area (TPSA) is 4.93 Å². The highest BCUT2D eigenvalue weighted by Gasteiger charge is 1.87. The highest BCUT2D eigenvalue weighted by atomic mass is 19.1. The van der Waals surface area contributed by atoms with Crippen molar-refractivity contribution in [2.75, 3.05) is 0 Å². The standard InChI is InChI=1S/C5H6FN/c1-7-4-2-3-5(7)6/h2-4H,1H3. The van der Waals surface area contributed by atoms with Crippen LogP contribution in [0, 0.1) is 5.95 Å². The predicted molar refractivity (Wildman–Crippen MR) is 25.4 cm³/mol. The van der Waals surface area contributed by atoms with E-state index in [1.54, 1.807) is 19.3 Å². The molecule has 1 aromatic heterocycles. The summed E-state index contributed by atoms with van der Waals surface area (Å²) in [6.45, 7) is 0. The van der Waals surface area contributed by atoms with Gasteiger partial charge in [0, 0.05) is 13.2 Å². The first-order chi connectivity index (χ1) is 3.30. The van der Waals surface area contributed by atoms with Crippen LogP contribution in [-0.4, -0.2) is 4.57 Å². The number of aromatic nitrogens is 1. The quantitative estimate of drug-likeness (QED) is 0.460. The minimum atomic E-state index is -0.194. The third-order valence-electron chi connectivity index (χ3n) is 0.880. The first-order valence-electron chi connectivity index (χ1n) is 2.07. The zero-order chi connectivity index (χ0) is 5.28. The van der Waals surface area contributed by atoms with Gasteiger partial charge in [0.05, 0.1) is 0 Å². The lowest BCUT2D eigenvalue weighted by Crippen LogP contribution is -1.86. The zero-order valence-corrected chi connectivity index (χ0v) is 4.06. The Kier molecular flexibility index (Phi) is 0.855. The van der Waals surface area contributed by atoms with Crippen molar-refractivity contribution in [1.82, 2.24) is 4.57 Å². The second kappa shape index (κ2) is 1.37. The number of halogens is 1. The van der Waals surface area contributed by atoms with Crippen molar-refractivity contribution in [2.45, 2.75) is 0 Å². The predicted octanol–water partition coefficient (Wildman–Crippen LogP) is 1.16. The average molecular weight is 99.1 g/mol. The summed E-state index contributed by atoms with van der Waals surface area (Å²) in [5.41, 5.74) is 0. The second-order valence-electron chi connectivity index (χ2n) is 1.44. The fraction of sp³-hybridized carbons (Fsp3) is 0.200. The third kappa shape index (κ3) is 0.633. The molecule has 1 nitrogen and oxygen atoms in total. The Morgan fingerprint density at radius 1 is 1.71 bits per heavy atom.